The first-order chi connectivity index (χ1) is 16.1. The summed E-state index contributed by atoms with van der Waals surface area (Å²) in [6.45, 7) is 2.07. The summed E-state index contributed by atoms with van der Waals surface area (Å²) in [7, 11) is 0. The number of rotatable bonds is 5. The highest BCUT2D eigenvalue weighted by Crippen LogP contribution is 2.31. The molecule has 162 valence electrons. The van der Waals surface area contributed by atoms with Gasteiger partial charge in [-0.1, -0.05) is 60.1 Å². The van der Waals surface area contributed by atoms with Crippen LogP contribution in [-0.2, 0) is 6.61 Å². The fraction of sp³-hybridized carbons (Fsp3) is 0.0769. The van der Waals surface area contributed by atoms with Crippen LogP contribution >= 0.6 is 11.6 Å². The van der Waals surface area contributed by atoms with Crippen molar-refractivity contribution >= 4 is 22.8 Å². The van der Waals surface area contributed by atoms with Gasteiger partial charge in [-0.05, 0) is 31.2 Å². The van der Waals surface area contributed by atoms with Crippen molar-refractivity contribution in [2.75, 3.05) is 0 Å². The van der Waals surface area contributed by atoms with E-state index >= 15 is 0 Å². The number of halogens is 1. The zero-order chi connectivity index (χ0) is 22.8. The summed E-state index contributed by atoms with van der Waals surface area (Å²) in [5.74, 6) is 0.717. The smallest absolute Gasteiger partial charge is 0.209 e. The van der Waals surface area contributed by atoms with E-state index in [1.54, 1.807) is 6.07 Å². The van der Waals surface area contributed by atoms with E-state index in [1.165, 1.54) is 6.07 Å². The number of aromatic amines is 1. The van der Waals surface area contributed by atoms with E-state index < -0.39 is 0 Å². The number of hydrogen-bond donors (Lipinski definition) is 1. The highest BCUT2D eigenvalue weighted by molar-refractivity contribution is 6.29. The molecule has 0 aliphatic rings. The third-order valence-corrected chi connectivity index (χ3v) is 5.29. The van der Waals surface area contributed by atoms with E-state index in [9.17, 15) is 4.79 Å². The molecule has 3 heterocycles. The Morgan fingerprint density at radius 3 is 2.27 bits per heavy atom. The van der Waals surface area contributed by atoms with E-state index in [2.05, 4.69) is 9.97 Å². The molecule has 0 radical (unpaired) electrons. The number of fused-ring (bicyclic) bond motifs is 1. The van der Waals surface area contributed by atoms with Crippen molar-refractivity contribution in [3.05, 3.63) is 106 Å². The number of H-pyrrole nitrogens is 1. The number of aryl methyl sites for hydroxylation is 1. The molecule has 0 aliphatic heterocycles. The van der Waals surface area contributed by atoms with Gasteiger partial charge in [0.1, 0.15) is 17.5 Å². The van der Waals surface area contributed by atoms with Crippen LogP contribution < -0.4 is 10.2 Å². The van der Waals surface area contributed by atoms with E-state index in [4.69, 9.17) is 26.3 Å². The summed E-state index contributed by atoms with van der Waals surface area (Å²) in [5, 5.41) is 0.355. The van der Waals surface area contributed by atoms with Gasteiger partial charge in [-0.2, -0.15) is 0 Å². The number of aromatic nitrogens is 4. The Bertz CT molecular complexity index is 1480. The Hall–Kier alpha value is -4.03. The second-order valence-electron chi connectivity index (χ2n) is 7.56. The van der Waals surface area contributed by atoms with Gasteiger partial charge >= 0.3 is 0 Å². The zero-order valence-corrected chi connectivity index (χ0v) is 18.5. The van der Waals surface area contributed by atoms with E-state index in [0.717, 1.165) is 22.6 Å². The molecule has 5 aromatic rings. The first-order valence-corrected chi connectivity index (χ1v) is 10.8. The number of hydrogen-bond acceptors (Lipinski definition) is 5. The first-order valence-electron chi connectivity index (χ1n) is 10.4. The molecule has 0 atom stereocenters. The van der Waals surface area contributed by atoms with Crippen LogP contribution in [0, 0.1) is 6.92 Å². The fourth-order valence-electron chi connectivity index (χ4n) is 3.63. The molecule has 6 nitrogen and oxygen atoms in total. The molecular formula is C26H19ClN4O2. The van der Waals surface area contributed by atoms with Crippen molar-refractivity contribution in [1.29, 1.82) is 0 Å². The molecule has 0 saturated heterocycles. The van der Waals surface area contributed by atoms with Crippen LogP contribution in [0.4, 0.5) is 0 Å². The molecule has 0 aliphatic carbocycles. The van der Waals surface area contributed by atoms with Gasteiger partial charge in [0.2, 0.25) is 5.43 Å². The van der Waals surface area contributed by atoms with Gasteiger partial charge in [-0.3, -0.25) is 4.79 Å². The number of para-hydroxylation sites is 1. The predicted octanol–water partition coefficient (Wildman–Crippen LogP) is 5.59. The summed E-state index contributed by atoms with van der Waals surface area (Å²) >= 11 is 6.21. The summed E-state index contributed by atoms with van der Waals surface area (Å²) in [6, 6.07) is 24.2. The first kappa shape index (κ1) is 20.8. The maximum Gasteiger partial charge on any atom is 0.209 e. The lowest BCUT2D eigenvalue weighted by molar-refractivity contribution is 0.301. The molecule has 1 N–H and O–H groups in total. The lowest BCUT2D eigenvalue weighted by atomic mass is 10.0. The van der Waals surface area contributed by atoms with Crippen LogP contribution in [0.2, 0.25) is 5.15 Å². The molecule has 3 aromatic heterocycles. The summed E-state index contributed by atoms with van der Waals surface area (Å²) in [5.41, 5.74) is 4.60. The maximum absolute atomic E-state index is 13.0. The van der Waals surface area contributed by atoms with Crippen LogP contribution in [0.3, 0.4) is 0 Å². The van der Waals surface area contributed by atoms with Gasteiger partial charge in [0.05, 0.1) is 17.1 Å². The fourth-order valence-corrected chi connectivity index (χ4v) is 3.88. The normalized spacial score (nSPS) is 11.0. The molecule has 2 aromatic carbocycles. The number of nitrogens with zero attached hydrogens (tertiary/aromatic N) is 3. The van der Waals surface area contributed by atoms with Crippen LogP contribution in [0.1, 0.15) is 11.4 Å². The Morgan fingerprint density at radius 1 is 0.848 bits per heavy atom. The minimum Gasteiger partial charge on any atom is -0.487 e. The predicted molar refractivity (Wildman–Crippen MR) is 129 cm³/mol. The van der Waals surface area contributed by atoms with Gasteiger partial charge < -0.3 is 9.72 Å². The third kappa shape index (κ3) is 4.47. The van der Waals surface area contributed by atoms with Crippen LogP contribution in [-0.4, -0.2) is 19.9 Å². The standard InChI is InChI=1S/C26H19ClN4O2/c1-16-12-18(13-22(27)28-16)24-23(17-8-4-2-5-9-17)31-26-25(30-24)21(32)14-19(29-26)15-33-20-10-6-3-7-11-20/h2-14H,15H2,1H3,(H,29,31,32). The van der Waals surface area contributed by atoms with Crippen molar-refractivity contribution in [2.45, 2.75) is 13.5 Å². The number of ether oxygens (including phenoxy) is 1. The summed E-state index contributed by atoms with van der Waals surface area (Å²) < 4.78 is 5.79. The van der Waals surface area contributed by atoms with Gasteiger partial charge in [-0.25, -0.2) is 15.0 Å². The second-order valence-corrected chi connectivity index (χ2v) is 7.95. The Kier molecular flexibility index (Phi) is 5.59. The molecular weight excluding hydrogens is 436 g/mol. The average Bonchev–Trinajstić information content (AvgIpc) is 2.83. The van der Waals surface area contributed by atoms with Gasteiger partial charge in [0.15, 0.2) is 11.2 Å². The van der Waals surface area contributed by atoms with Gasteiger partial charge in [-0.15, -0.1) is 0 Å². The number of pyridine rings is 2. The molecule has 7 heteroatoms. The van der Waals surface area contributed by atoms with Crippen molar-refractivity contribution in [2.24, 2.45) is 0 Å². The second kappa shape index (κ2) is 8.84. The highest BCUT2D eigenvalue weighted by Gasteiger charge is 2.17. The summed E-state index contributed by atoms with van der Waals surface area (Å²) in [6.07, 6.45) is 0. The molecule has 0 fully saturated rings. The SMILES string of the molecule is Cc1cc(-c2nc3c(=O)cc(COc4ccccc4)[nH]c3nc2-c2ccccc2)cc(Cl)n1. The Labute approximate surface area is 194 Å². The number of benzene rings is 2. The van der Waals surface area contributed by atoms with Crippen LogP contribution in [0.15, 0.2) is 83.7 Å². The molecule has 0 unspecified atom stereocenters. The maximum atomic E-state index is 13.0. The van der Waals surface area contributed by atoms with E-state index in [-0.39, 0.29) is 17.6 Å². The molecule has 5 rings (SSSR count). The quantitative estimate of drug-likeness (QED) is 0.350. The average molecular weight is 455 g/mol. The zero-order valence-electron chi connectivity index (χ0n) is 17.7. The van der Waals surface area contributed by atoms with Crippen molar-refractivity contribution < 1.29 is 4.74 Å². The summed E-state index contributed by atoms with van der Waals surface area (Å²) in [4.78, 5) is 30.0. The van der Waals surface area contributed by atoms with Gasteiger partial charge in [0.25, 0.3) is 0 Å². The van der Waals surface area contributed by atoms with Crippen molar-refractivity contribution in [3.8, 4) is 28.3 Å². The van der Waals surface area contributed by atoms with Gasteiger partial charge in [0, 0.05) is 22.9 Å². The molecule has 0 amide bonds. The monoisotopic (exact) mass is 454 g/mol. The lowest BCUT2D eigenvalue weighted by Gasteiger charge is -2.12. The minimum absolute atomic E-state index is 0.207. The molecule has 33 heavy (non-hydrogen) atoms. The topological polar surface area (TPSA) is 80.8 Å². The third-order valence-electron chi connectivity index (χ3n) is 5.09. The molecule has 0 bridgehead atoms. The lowest BCUT2D eigenvalue weighted by Crippen LogP contribution is -2.11. The van der Waals surface area contributed by atoms with Crippen molar-refractivity contribution in [1.82, 2.24) is 19.9 Å². The minimum atomic E-state index is -0.236. The van der Waals surface area contributed by atoms with Crippen LogP contribution in [0.25, 0.3) is 33.7 Å². The van der Waals surface area contributed by atoms with E-state index in [0.29, 0.717) is 27.9 Å². The molecule has 0 spiro atoms. The highest BCUT2D eigenvalue weighted by atomic mass is 35.5. The number of nitrogens with one attached hydrogen (secondary N) is 1. The Morgan fingerprint density at radius 2 is 1.55 bits per heavy atom. The van der Waals surface area contributed by atoms with Crippen molar-refractivity contribution in [3.63, 3.8) is 0 Å². The largest absolute Gasteiger partial charge is 0.487 e. The van der Waals surface area contributed by atoms with Crippen LogP contribution in [0.5, 0.6) is 5.75 Å². The Balaban J connectivity index is 1.65. The van der Waals surface area contributed by atoms with E-state index in [1.807, 2.05) is 73.7 Å². The molecule has 0 saturated carbocycles.